The summed E-state index contributed by atoms with van der Waals surface area (Å²) >= 11 is 1.82. The zero-order chi connectivity index (χ0) is 18.2. The van der Waals surface area contributed by atoms with Gasteiger partial charge in [0.1, 0.15) is 0 Å². The highest BCUT2D eigenvalue weighted by Gasteiger charge is 2.28. The van der Waals surface area contributed by atoms with Gasteiger partial charge in [-0.1, -0.05) is 30.3 Å². The second kappa shape index (κ2) is 9.48. The lowest BCUT2D eigenvalue weighted by atomic mass is 9.96. The van der Waals surface area contributed by atoms with Crippen LogP contribution < -0.4 is 5.32 Å². The Morgan fingerprint density at radius 3 is 2.58 bits per heavy atom. The molecule has 3 rings (SSSR count). The number of benzene rings is 1. The van der Waals surface area contributed by atoms with Crippen molar-refractivity contribution in [2.45, 2.75) is 18.6 Å². The van der Waals surface area contributed by atoms with Gasteiger partial charge in [0, 0.05) is 37.1 Å². The Balaban J connectivity index is 1.32. The number of furan rings is 1. The smallest absolute Gasteiger partial charge is 0.289 e. The molecule has 1 N–H and O–H groups in total. The number of likely N-dealkylation sites (tertiary alicyclic amines) is 1. The topological polar surface area (TPSA) is 62.6 Å². The van der Waals surface area contributed by atoms with Crippen LogP contribution in [0.15, 0.2) is 53.1 Å². The van der Waals surface area contributed by atoms with Gasteiger partial charge in [0.05, 0.1) is 6.26 Å². The van der Waals surface area contributed by atoms with Gasteiger partial charge in [-0.2, -0.15) is 11.8 Å². The molecule has 1 aliphatic rings. The van der Waals surface area contributed by atoms with Gasteiger partial charge in [0.15, 0.2) is 5.76 Å². The fourth-order valence-corrected chi connectivity index (χ4v) is 3.87. The summed E-state index contributed by atoms with van der Waals surface area (Å²) in [6, 6.07) is 13.7. The largest absolute Gasteiger partial charge is 0.459 e. The first kappa shape index (κ1) is 18.6. The van der Waals surface area contributed by atoms with Crippen molar-refractivity contribution in [2.75, 3.05) is 25.4 Å². The Bertz CT molecular complexity index is 695. The van der Waals surface area contributed by atoms with Crippen LogP contribution >= 0.6 is 11.8 Å². The zero-order valence-electron chi connectivity index (χ0n) is 14.7. The van der Waals surface area contributed by atoms with Gasteiger partial charge in [-0.3, -0.25) is 9.59 Å². The van der Waals surface area contributed by atoms with Crippen LogP contribution in [-0.4, -0.2) is 42.1 Å². The Morgan fingerprint density at radius 1 is 1.12 bits per heavy atom. The average molecular weight is 372 g/mol. The summed E-state index contributed by atoms with van der Waals surface area (Å²) < 4.78 is 5.16. The Kier molecular flexibility index (Phi) is 6.77. The van der Waals surface area contributed by atoms with E-state index in [0.717, 1.165) is 11.5 Å². The van der Waals surface area contributed by atoms with E-state index in [1.165, 1.54) is 11.8 Å². The van der Waals surface area contributed by atoms with Crippen LogP contribution in [0.3, 0.4) is 0 Å². The molecular formula is C20H24N2O3S. The average Bonchev–Trinajstić information content (AvgIpc) is 3.23. The fraction of sp³-hybridized carbons (Fsp3) is 0.400. The number of thioether (sulfide) groups is 1. The summed E-state index contributed by atoms with van der Waals surface area (Å²) in [7, 11) is 0. The van der Waals surface area contributed by atoms with Crippen molar-refractivity contribution in [2.24, 2.45) is 5.92 Å². The molecule has 0 unspecified atom stereocenters. The maximum atomic E-state index is 12.3. The van der Waals surface area contributed by atoms with Gasteiger partial charge in [0.2, 0.25) is 5.91 Å². The highest BCUT2D eigenvalue weighted by molar-refractivity contribution is 7.98. The summed E-state index contributed by atoms with van der Waals surface area (Å²) in [5.41, 5.74) is 1.30. The van der Waals surface area contributed by atoms with E-state index < -0.39 is 0 Å². The summed E-state index contributed by atoms with van der Waals surface area (Å²) in [6.07, 6.45) is 2.91. The number of nitrogens with one attached hydrogen (secondary N) is 1. The Morgan fingerprint density at radius 2 is 1.88 bits per heavy atom. The second-order valence-electron chi connectivity index (χ2n) is 6.37. The third kappa shape index (κ3) is 5.14. The lowest BCUT2D eigenvalue weighted by Crippen LogP contribution is -2.43. The van der Waals surface area contributed by atoms with Gasteiger partial charge < -0.3 is 14.6 Å². The van der Waals surface area contributed by atoms with E-state index >= 15 is 0 Å². The molecule has 0 spiro atoms. The summed E-state index contributed by atoms with van der Waals surface area (Å²) in [5, 5.41) is 3.03. The number of rotatable bonds is 7. The standard InChI is InChI=1S/C20H24N2O3S/c23-19(21-10-14-26-15-16-5-2-1-3-6-16)17-8-11-22(12-9-17)20(24)18-7-4-13-25-18/h1-7,13,17H,8-12,14-15H2,(H,21,23). The minimum Gasteiger partial charge on any atom is -0.459 e. The Labute approximate surface area is 158 Å². The molecule has 2 aromatic rings. The molecule has 1 aromatic heterocycles. The lowest BCUT2D eigenvalue weighted by Gasteiger charge is -2.30. The van der Waals surface area contributed by atoms with Crippen LogP contribution in [0.2, 0.25) is 0 Å². The predicted octanol–water partition coefficient (Wildman–Crippen LogP) is 3.18. The number of carbonyl (C=O) groups is 2. The highest BCUT2D eigenvalue weighted by atomic mass is 32.2. The lowest BCUT2D eigenvalue weighted by molar-refractivity contribution is -0.126. The van der Waals surface area contributed by atoms with E-state index in [4.69, 9.17) is 4.42 Å². The number of hydrogen-bond acceptors (Lipinski definition) is 4. The molecule has 1 aromatic carbocycles. The van der Waals surface area contributed by atoms with Gasteiger partial charge in [0.25, 0.3) is 5.91 Å². The molecule has 1 fully saturated rings. The number of amides is 2. The highest BCUT2D eigenvalue weighted by Crippen LogP contribution is 2.19. The minimum atomic E-state index is -0.0915. The van der Waals surface area contributed by atoms with E-state index in [1.807, 2.05) is 30.0 Å². The van der Waals surface area contributed by atoms with Gasteiger partial charge in [-0.05, 0) is 30.5 Å². The van der Waals surface area contributed by atoms with E-state index in [2.05, 4.69) is 17.4 Å². The molecule has 5 nitrogen and oxygen atoms in total. The van der Waals surface area contributed by atoms with Crippen molar-refractivity contribution in [3.63, 3.8) is 0 Å². The zero-order valence-corrected chi connectivity index (χ0v) is 15.5. The number of carbonyl (C=O) groups excluding carboxylic acids is 2. The molecule has 6 heteroatoms. The van der Waals surface area contributed by atoms with E-state index in [1.54, 1.807) is 17.0 Å². The molecule has 0 saturated carbocycles. The van der Waals surface area contributed by atoms with Gasteiger partial charge >= 0.3 is 0 Å². The maximum Gasteiger partial charge on any atom is 0.289 e. The van der Waals surface area contributed by atoms with Crippen LogP contribution in [0.5, 0.6) is 0 Å². The first-order valence-electron chi connectivity index (χ1n) is 8.96. The van der Waals surface area contributed by atoms with Crippen LogP contribution in [0, 0.1) is 5.92 Å². The summed E-state index contributed by atoms with van der Waals surface area (Å²) in [6.45, 7) is 1.88. The molecule has 26 heavy (non-hydrogen) atoms. The molecule has 0 radical (unpaired) electrons. The third-order valence-corrected chi connectivity index (χ3v) is 5.57. The van der Waals surface area contributed by atoms with Crippen molar-refractivity contribution < 1.29 is 14.0 Å². The number of nitrogens with zero attached hydrogens (tertiary/aromatic N) is 1. The SMILES string of the molecule is O=C(NCCSCc1ccccc1)C1CCN(C(=O)c2ccco2)CC1. The summed E-state index contributed by atoms with van der Waals surface area (Å²) in [5.74, 6) is 2.24. The fourth-order valence-electron chi connectivity index (χ4n) is 3.06. The van der Waals surface area contributed by atoms with Crippen LogP contribution in [0.4, 0.5) is 0 Å². The molecule has 2 heterocycles. The van der Waals surface area contributed by atoms with E-state index in [-0.39, 0.29) is 17.7 Å². The van der Waals surface area contributed by atoms with Crippen molar-refractivity contribution in [1.82, 2.24) is 10.2 Å². The molecular weight excluding hydrogens is 348 g/mol. The molecule has 2 amide bonds. The minimum absolute atomic E-state index is 0.00484. The molecule has 0 aliphatic carbocycles. The maximum absolute atomic E-state index is 12.3. The molecule has 1 saturated heterocycles. The number of piperidine rings is 1. The first-order chi connectivity index (χ1) is 12.7. The normalized spacial score (nSPS) is 15.0. The molecule has 0 atom stereocenters. The van der Waals surface area contributed by atoms with Crippen molar-refractivity contribution >= 4 is 23.6 Å². The molecule has 138 valence electrons. The van der Waals surface area contributed by atoms with Crippen LogP contribution in [0.25, 0.3) is 0 Å². The van der Waals surface area contributed by atoms with E-state index in [0.29, 0.717) is 38.2 Å². The first-order valence-corrected chi connectivity index (χ1v) is 10.1. The molecule has 0 bridgehead atoms. The Hall–Kier alpha value is -2.21. The second-order valence-corrected chi connectivity index (χ2v) is 7.48. The summed E-state index contributed by atoms with van der Waals surface area (Å²) in [4.78, 5) is 26.3. The van der Waals surface area contributed by atoms with Crippen LogP contribution in [0.1, 0.15) is 29.0 Å². The van der Waals surface area contributed by atoms with Crippen molar-refractivity contribution in [1.29, 1.82) is 0 Å². The predicted molar refractivity (Wildman–Crippen MR) is 103 cm³/mol. The van der Waals surface area contributed by atoms with Crippen LogP contribution in [-0.2, 0) is 10.5 Å². The van der Waals surface area contributed by atoms with Crippen molar-refractivity contribution in [3.05, 3.63) is 60.1 Å². The van der Waals surface area contributed by atoms with E-state index in [9.17, 15) is 9.59 Å². The van der Waals surface area contributed by atoms with Gasteiger partial charge in [-0.25, -0.2) is 0 Å². The quantitative estimate of drug-likeness (QED) is 0.758. The van der Waals surface area contributed by atoms with Gasteiger partial charge in [-0.15, -0.1) is 0 Å². The number of hydrogen-bond donors (Lipinski definition) is 1. The molecule has 1 aliphatic heterocycles. The monoisotopic (exact) mass is 372 g/mol. The third-order valence-electron chi connectivity index (χ3n) is 4.54. The van der Waals surface area contributed by atoms with Crippen molar-refractivity contribution in [3.8, 4) is 0 Å².